The van der Waals surface area contributed by atoms with Gasteiger partial charge in [0.1, 0.15) is 11.6 Å². The molecule has 3 aromatic rings. The highest BCUT2D eigenvalue weighted by Gasteiger charge is 2.47. The number of aliphatic hydroxyl groups is 1. The minimum Gasteiger partial charge on any atom is -0.507 e. The van der Waals surface area contributed by atoms with E-state index in [2.05, 4.69) is 0 Å². The zero-order valence-corrected chi connectivity index (χ0v) is 16.6. The van der Waals surface area contributed by atoms with Crippen molar-refractivity contribution in [3.8, 4) is 0 Å². The van der Waals surface area contributed by atoms with Crippen molar-refractivity contribution in [2.24, 2.45) is 0 Å². The summed E-state index contributed by atoms with van der Waals surface area (Å²) >= 11 is 0. The molecule has 31 heavy (non-hydrogen) atoms. The molecule has 1 amide bonds. The summed E-state index contributed by atoms with van der Waals surface area (Å²) in [5.74, 6) is -2.94. The zero-order valence-electron chi connectivity index (χ0n) is 16.6. The van der Waals surface area contributed by atoms with Crippen LogP contribution in [0.3, 0.4) is 0 Å². The molecule has 1 aliphatic heterocycles. The van der Waals surface area contributed by atoms with Crippen LogP contribution in [0.2, 0.25) is 0 Å². The number of rotatable bonds is 4. The van der Waals surface area contributed by atoms with Crippen molar-refractivity contribution in [1.82, 2.24) is 0 Å². The number of Topliss-reactive ketones (excluding diaryl/α,β-unsaturated/α-hetero) is 2. The van der Waals surface area contributed by atoms with Gasteiger partial charge < -0.3 is 5.11 Å². The number of anilines is 1. The molecular formula is C25H18FNO4. The van der Waals surface area contributed by atoms with E-state index in [-0.39, 0.29) is 22.7 Å². The Bertz CT molecular complexity index is 1220. The van der Waals surface area contributed by atoms with E-state index in [1.807, 2.05) is 0 Å². The molecule has 1 saturated heterocycles. The zero-order chi connectivity index (χ0) is 22.1. The van der Waals surface area contributed by atoms with Crippen LogP contribution < -0.4 is 4.90 Å². The molecule has 1 heterocycles. The third-order valence-electron chi connectivity index (χ3n) is 5.24. The molecule has 0 saturated carbocycles. The maximum absolute atomic E-state index is 14.8. The van der Waals surface area contributed by atoms with E-state index >= 15 is 0 Å². The molecule has 0 aromatic heterocycles. The fourth-order valence-corrected chi connectivity index (χ4v) is 3.70. The first-order valence-corrected chi connectivity index (χ1v) is 9.62. The van der Waals surface area contributed by atoms with Crippen molar-refractivity contribution in [1.29, 1.82) is 0 Å². The third kappa shape index (κ3) is 3.53. The van der Waals surface area contributed by atoms with Gasteiger partial charge in [-0.25, -0.2) is 4.39 Å². The van der Waals surface area contributed by atoms with E-state index in [0.29, 0.717) is 16.8 Å². The molecule has 1 atom stereocenters. The fourth-order valence-electron chi connectivity index (χ4n) is 3.70. The number of benzene rings is 3. The Hall–Kier alpha value is -4.06. The Morgan fingerprint density at radius 3 is 2.10 bits per heavy atom. The molecule has 154 valence electrons. The molecule has 6 heteroatoms. The van der Waals surface area contributed by atoms with Gasteiger partial charge >= 0.3 is 0 Å². The largest absolute Gasteiger partial charge is 0.507 e. The van der Waals surface area contributed by atoms with E-state index in [1.54, 1.807) is 36.4 Å². The minimum absolute atomic E-state index is 0.0785. The van der Waals surface area contributed by atoms with Gasteiger partial charge in [-0.3, -0.25) is 19.3 Å². The lowest BCUT2D eigenvalue weighted by atomic mass is 9.94. The second kappa shape index (κ2) is 7.99. The van der Waals surface area contributed by atoms with Crippen LogP contribution in [0.5, 0.6) is 0 Å². The molecular weight excluding hydrogens is 397 g/mol. The number of hydrogen-bond donors (Lipinski definition) is 1. The van der Waals surface area contributed by atoms with Gasteiger partial charge in [-0.1, -0.05) is 48.5 Å². The Morgan fingerprint density at radius 1 is 0.871 bits per heavy atom. The number of carbonyl (C=O) groups excluding carboxylic acids is 3. The van der Waals surface area contributed by atoms with Gasteiger partial charge in [0.05, 0.1) is 11.6 Å². The molecule has 0 aliphatic carbocycles. The molecule has 3 aromatic carbocycles. The predicted molar refractivity (Wildman–Crippen MR) is 114 cm³/mol. The van der Waals surface area contributed by atoms with E-state index in [0.717, 1.165) is 4.90 Å². The molecule has 5 nitrogen and oxygen atoms in total. The van der Waals surface area contributed by atoms with E-state index in [9.17, 15) is 23.9 Å². The monoisotopic (exact) mass is 415 g/mol. The van der Waals surface area contributed by atoms with Crippen LogP contribution in [0.15, 0.2) is 84.4 Å². The van der Waals surface area contributed by atoms with Gasteiger partial charge in [0.15, 0.2) is 5.78 Å². The topological polar surface area (TPSA) is 74.7 Å². The van der Waals surface area contributed by atoms with Crippen LogP contribution in [-0.4, -0.2) is 22.6 Å². The Balaban J connectivity index is 1.94. The SMILES string of the molecule is CC(=O)c1ccc(N2C(=O)C(=O)/C(=C(\O)c3ccccc3)C2c2ccccc2F)cc1. The summed E-state index contributed by atoms with van der Waals surface area (Å²) < 4.78 is 14.8. The summed E-state index contributed by atoms with van der Waals surface area (Å²) in [6.07, 6.45) is 0. The van der Waals surface area contributed by atoms with Gasteiger partial charge in [0.2, 0.25) is 0 Å². The lowest BCUT2D eigenvalue weighted by molar-refractivity contribution is -0.132. The smallest absolute Gasteiger partial charge is 0.300 e. The Morgan fingerprint density at radius 2 is 1.48 bits per heavy atom. The lowest BCUT2D eigenvalue weighted by Crippen LogP contribution is -2.29. The van der Waals surface area contributed by atoms with Crippen molar-refractivity contribution in [2.75, 3.05) is 4.90 Å². The maximum Gasteiger partial charge on any atom is 0.300 e. The van der Waals surface area contributed by atoms with Crippen LogP contribution >= 0.6 is 0 Å². The second-order valence-electron chi connectivity index (χ2n) is 7.16. The number of halogens is 1. The lowest BCUT2D eigenvalue weighted by Gasteiger charge is -2.25. The average molecular weight is 415 g/mol. The van der Waals surface area contributed by atoms with Crippen molar-refractivity contribution >= 4 is 28.9 Å². The van der Waals surface area contributed by atoms with Crippen LogP contribution in [0, 0.1) is 5.82 Å². The normalized spacial score (nSPS) is 17.7. The fraction of sp³-hybridized carbons (Fsp3) is 0.0800. The molecule has 1 N–H and O–H groups in total. The first-order valence-electron chi connectivity index (χ1n) is 9.62. The quantitative estimate of drug-likeness (QED) is 0.291. The minimum atomic E-state index is -1.16. The number of hydrogen-bond acceptors (Lipinski definition) is 4. The predicted octanol–water partition coefficient (Wildman–Crippen LogP) is 4.65. The number of aliphatic hydroxyl groups excluding tert-OH is 1. The summed E-state index contributed by atoms with van der Waals surface area (Å²) in [7, 11) is 0. The van der Waals surface area contributed by atoms with Crippen molar-refractivity contribution in [3.05, 3.63) is 107 Å². The summed E-state index contributed by atoms with van der Waals surface area (Å²) in [4.78, 5) is 38.7. The first kappa shape index (κ1) is 20.2. The molecule has 0 bridgehead atoms. The first-order chi connectivity index (χ1) is 14.9. The number of carbonyl (C=O) groups is 3. The highest BCUT2D eigenvalue weighted by atomic mass is 19.1. The van der Waals surface area contributed by atoms with Gasteiger partial charge in [0, 0.05) is 22.4 Å². The molecule has 0 radical (unpaired) electrons. The highest BCUT2D eigenvalue weighted by molar-refractivity contribution is 6.51. The number of ketones is 2. The summed E-state index contributed by atoms with van der Waals surface area (Å²) in [5.41, 5.74) is 0.972. The van der Waals surface area contributed by atoms with E-state index in [1.165, 1.54) is 49.4 Å². The maximum atomic E-state index is 14.8. The summed E-state index contributed by atoms with van der Waals surface area (Å²) in [5, 5.41) is 10.9. The summed E-state index contributed by atoms with van der Waals surface area (Å²) in [6, 6.07) is 19.1. The van der Waals surface area contributed by atoms with Crippen LogP contribution in [0.4, 0.5) is 10.1 Å². The number of nitrogens with zero attached hydrogens (tertiary/aromatic N) is 1. The van der Waals surface area contributed by atoms with Crippen LogP contribution in [-0.2, 0) is 9.59 Å². The number of amides is 1. The highest BCUT2D eigenvalue weighted by Crippen LogP contribution is 2.42. The van der Waals surface area contributed by atoms with Crippen molar-refractivity contribution in [3.63, 3.8) is 0 Å². The van der Waals surface area contributed by atoms with Crippen molar-refractivity contribution < 1.29 is 23.9 Å². The molecule has 0 spiro atoms. The summed E-state index contributed by atoms with van der Waals surface area (Å²) in [6.45, 7) is 1.42. The van der Waals surface area contributed by atoms with Crippen LogP contribution in [0.1, 0.15) is 34.5 Å². The Kier molecular flexibility index (Phi) is 5.21. The van der Waals surface area contributed by atoms with Crippen molar-refractivity contribution in [2.45, 2.75) is 13.0 Å². The van der Waals surface area contributed by atoms with Gasteiger partial charge in [-0.05, 0) is 37.3 Å². The molecule has 1 fully saturated rings. The molecule has 1 aliphatic rings. The molecule has 4 rings (SSSR count). The van der Waals surface area contributed by atoms with E-state index in [4.69, 9.17) is 0 Å². The van der Waals surface area contributed by atoms with Crippen LogP contribution in [0.25, 0.3) is 5.76 Å². The molecule has 1 unspecified atom stereocenters. The van der Waals surface area contributed by atoms with Gasteiger partial charge in [-0.2, -0.15) is 0 Å². The third-order valence-corrected chi connectivity index (χ3v) is 5.24. The average Bonchev–Trinajstić information content (AvgIpc) is 3.04. The standard InChI is InChI=1S/C25H18FNO4/c1-15(28)16-11-13-18(14-12-16)27-22(19-9-5-6-10-20(19)26)21(24(30)25(27)31)23(29)17-7-3-2-4-8-17/h2-14,22,29H,1H3/b23-21-. The van der Waals surface area contributed by atoms with Gasteiger partial charge in [-0.15, -0.1) is 0 Å². The second-order valence-corrected chi connectivity index (χ2v) is 7.16. The Labute approximate surface area is 178 Å². The van der Waals surface area contributed by atoms with E-state index < -0.39 is 23.5 Å². The van der Waals surface area contributed by atoms with Gasteiger partial charge in [0.25, 0.3) is 11.7 Å².